The van der Waals surface area contributed by atoms with Gasteiger partial charge in [-0.1, -0.05) is 12.5 Å². The van der Waals surface area contributed by atoms with Crippen molar-refractivity contribution in [3.63, 3.8) is 0 Å². The van der Waals surface area contributed by atoms with E-state index in [9.17, 15) is 14.7 Å². The molecule has 0 spiro atoms. The highest BCUT2D eigenvalue weighted by molar-refractivity contribution is 6.35. The molecule has 7 nitrogen and oxygen atoms in total. The number of carbonyl (C=O) groups excluding carboxylic acids is 2. The molecular weight excluding hydrogens is 334 g/mol. The second kappa shape index (κ2) is 7.15. The SMILES string of the molecule is O=C(NCCc1ccc2c(c1)OC[C@@H](O)N2)C(=O)N[C@@H]1C[C@H]2CC[C@@H]1C2. The first-order valence-electron chi connectivity index (χ1n) is 9.37. The lowest BCUT2D eigenvalue weighted by molar-refractivity contribution is -0.139. The number of ether oxygens (including phenoxy) is 1. The third kappa shape index (κ3) is 3.62. The lowest BCUT2D eigenvalue weighted by Crippen LogP contribution is -2.46. The Bertz CT molecular complexity index is 708. The molecule has 140 valence electrons. The van der Waals surface area contributed by atoms with Crippen LogP contribution in [0.15, 0.2) is 18.2 Å². The van der Waals surface area contributed by atoms with Crippen LogP contribution in [0.2, 0.25) is 0 Å². The first-order valence-corrected chi connectivity index (χ1v) is 9.37. The summed E-state index contributed by atoms with van der Waals surface area (Å²) in [6.45, 7) is 0.591. The summed E-state index contributed by atoms with van der Waals surface area (Å²) in [5.41, 5.74) is 1.75. The van der Waals surface area contributed by atoms with Gasteiger partial charge in [-0.05, 0) is 55.2 Å². The van der Waals surface area contributed by atoms with E-state index >= 15 is 0 Å². The third-order valence-corrected chi connectivity index (χ3v) is 5.72. The van der Waals surface area contributed by atoms with Gasteiger partial charge in [0.1, 0.15) is 12.4 Å². The highest BCUT2D eigenvalue weighted by atomic mass is 16.5. The Morgan fingerprint density at radius 1 is 1.23 bits per heavy atom. The van der Waals surface area contributed by atoms with Gasteiger partial charge < -0.3 is 25.8 Å². The molecule has 4 atom stereocenters. The highest BCUT2D eigenvalue weighted by Gasteiger charge is 2.40. The summed E-state index contributed by atoms with van der Waals surface area (Å²) in [6.07, 6.45) is 4.56. The number of fused-ring (bicyclic) bond motifs is 3. The number of carbonyl (C=O) groups is 2. The quantitative estimate of drug-likeness (QED) is 0.595. The molecule has 3 aliphatic rings. The van der Waals surface area contributed by atoms with Crippen molar-refractivity contribution >= 4 is 17.5 Å². The Kier molecular flexibility index (Phi) is 4.72. The monoisotopic (exact) mass is 359 g/mol. The molecule has 2 saturated carbocycles. The van der Waals surface area contributed by atoms with Crippen LogP contribution in [0.3, 0.4) is 0 Å². The maximum atomic E-state index is 12.1. The van der Waals surface area contributed by atoms with E-state index in [2.05, 4.69) is 16.0 Å². The molecule has 1 heterocycles. The summed E-state index contributed by atoms with van der Waals surface area (Å²) in [5, 5.41) is 18.0. The number of aliphatic hydroxyl groups is 1. The molecule has 0 radical (unpaired) electrons. The number of amides is 2. The van der Waals surface area contributed by atoms with Crippen LogP contribution in [-0.2, 0) is 16.0 Å². The molecule has 1 aromatic carbocycles. The zero-order valence-corrected chi connectivity index (χ0v) is 14.7. The molecule has 26 heavy (non-hydrogen) atoms. The van der Waals surface area contributed by atoms with Crippen molar-refractivity contribution in [3.05, 3.63) is 23.8 Å². The molecular formula is C19H25N3O4. The predicted molar refractivity (Wildman–Crippen MR) is 95.7 cm³/mol. The first-order chi connectivity index (χ1) is 12.6. The van der Waals surface area contributed by atoms with Gasteiger partial charge in [0.2, 0.25) is 0 Å². The molecule has 0 saturated heterocycles. The average molecular weight is 359 g/mol. The molecule has 4 rings (SSSR count). The summed E-state index contributed by atoms with van der Waals surface area (Å²) in [4.78, 5) is 24.1. The molecule has 2 amide bonds. The van der Waals surface area contributed by atoms with E-state index in [1.807, 2.05) is 18.2 Å². The number of nitrogens with one attached hydrogen (secondary N) is 3. The maximum absolute atomic E-state index is 12.1. The van der Waals surface area contributed by atoms with Crippen molar-refractivity contribution in [2.45, 2.75) is 44.4 Å². The van der Waals surface area contributed by atoms with Gasteiger partial charge in [-0.2, -0.15) is 0 Å². The number of anilines is 1. The van der Waals surface area contributed by atoms with Crippen LogP contribution < -0.4 is 20.7 Å². The summed E-state index contributed by atoms with van der Waals surface area (Å²) < 4.78 is 5.48. The van der Waals surface area contributed by atoms with Crippen LogP contribution in [0, 0.1) is 11.8 Å². The number of rotatable bonds is 4. The number of aliphatic hydroxyl groups excluding tert-OH is 1. The lowest BCUT2D eigenvalue weighted by atomic mass is 9.95. The van der Waals surface area contributed by atoms with Crippen LogP contribution in [0.1, 0.15) is 31.2 Å². The summed E-state index contributed by atoms with van der Waals surface area (Å²) in [6, 6.07) is 5.81. The highest BCUT2D eigenvalue weighted by Crippen LogP contribution is 2.44. The molecule has 2 bridgehead atoms. The van der Waals surface area contributed by atoms with Crippen LogP contribution in [-0.4, -0.2) is 42.3 Å². The minimum Gasteiger partial charge on any atom is -0.487 e. The maximum Gasteiger partial charge on any atom is 0.309 e. The van der Waals surface area contributed by atoms with Gasteiger partial charge in [-0.3, -0.25) is 9.59 Å². The summed E-state index contributed by atoms with van der Waals surface area (Å²) >= 11 is 0. The molecule has 0 aromatic heterocycles. The largest absolute Gasteiger partial charge is 0.487 e. The summed E-state index contributed by atoms with van der Waals surface area (Å²) in [7, 11) is 0. The molecule has 2 aliphatic carbocycles. The second-order valence-corrected chi connectivity index (χ2v) is 7.56. The molecule has 1 aromatic rings. The normalized spacial score (nSPS) is 28.7. The number of hydrogen-bond acceptors (Lipinski definition) is 5. The van der Waals surface area contributed by atoms with E-state index in [1.165, 1.54) is 19.3 Å². The minimum absolute atomic E-state index is 0.174. The van der Waals surface area contributed by atoms with Crippen LogP contribution >= 0.6 is 0 Å². The Balaban J connectivity index is 1.23. The van der Waals surface area contributed by atoms with Crippen LogP contribution in [0.4, 0.5) is 5.69 Å². The lowest BCUT2D eigenvalue weighted by Gasteiger charge is -2.24. The Morgan fingerprint density at radius 3 is 2.88 bits per heavy atom. The van der Waals surface area contributed by atoms with E-state index in [-0.39, 0.29) is 12.6 Å². The molecule has 2 fully saturated rings. The summed E-state index contributed by atoms with van der Waals surface area (Å²) in [5.74, 6) is 0.893. The zero-order valence-electron chi connectivity index (χ0n) is 14.7. The van der Waals surface area contributed by atoms with E-state index in [0.717, 1.165) is 23.6 Å². The predicted octanol–water partition coefficient (Wildman–Crippen LogP) is 0.773. The number of hydrogen-bond donors (Lipinski definition) is 4. The van der Waals surface area contributed by atoms with Gasteiger partial charge >= 0.3 is 11.8 Å². The van der Waals surface area contributed by atoms with Crippen molar-refractivity contribution in [1.29, 1.82) is 0 Å². The van der Waals surface area contributed by atoms with Crippen molar-refractivity contribution < 1.29 is 19.4 Å². The Hall–Kier alpha value is -2.28. The van der Waals surface area contributed by atoms with E-state index < -0.39 is 18.0 Å². The standard InChI is InChI=1S/C19H25N3O4/c23-17-10-26-16-9-11(2-4-14(16)21-17)5-6-20-18(24)19(25)22-15-8-12-1-3-13(15)7-12/h2,4,9,12-13,15,17,21,23H,1,3,5-8,10H2,(H,20,24)(H,22,25)/t12-,13+,15+,17+/m0/s1. The third-order valence-electron chi connectivity index (χ3n) is 5.72. The average Bonchev–Trinajstić information content (AvgIpc) is 3.24. The fourth-order valence-corrected chi connectivity index (χ4v) is 4.41. The zero-order chi connectivity index (χ0) is 18.1. The molecule has 7 heteroatoms. The molecule has 1 aliphatic heterocycles. The van der Waals surface area contributed by atoms with Crippen molar-refractivity contribution in [3.8, 4) is 5.75 Å². The van der Waals surface area contributed by atoms with Crippen molar-refractivity contribution in [2.24, 2.45) is 11.8 Å². The van der Waals surface area contributed by atoms with Gasteiger partial charge in [-0.15, -0.1) is 0 Å². The van der Waals surface area contributed by atoms with Gasteiger partial charge in [0.05, 0.1) is 5.69 Å². The topological polar surface area (TPSA) is 99.7 Å². The smallest absolute Gasteiger partial charge is 0.309 e. The Morgan fingerprint density at radius 2 is 2.12 bits per heavy atom. The van der Waals surface area contributed by atoms with Crippen LogP contribution in [0.25, 0.3) is 0 Å². The second-order valence-electron chi connectivity index (χ2n) is 7.56. The number of benzene rings is 1. The van der Waals surface area contributed by atoms with Crippen LogP contribution in [0.5, 0.6) is 5.75 Å². The van der Waals surface area contributed by atoms with Crippen molar-refractivity contribution in [1.82, 2.24) is 10.6 Å². The van der Waals surface area contributed by atoms with Crippen molar-refractivity contribution in [2.75, 3.05) is 18.5 Å². The van der Waals surface area contributed by atoms with E-state index in [4.69, 9.17) is 4.74 Å². The van der Waals surface area contributed by atoms with Gasteiger partial charge in [0, 0.05) is 12.6 Å². The van der Waals surface area contributed by atoms with E-state index in [1.54, 1.807) is 0 Å². The van der Waals surface area contributed by atoms with Gasteiger partial charge in [0.25, 0.3) is 0 Å². The minimum atomic E-state index is -0.693. The fourth-order valence-electron chi connectivity index (χ4n) is 4.41. The molecule has 4 N–H and O–H groups in total. The molecule has 0 unspecified atom stereocenters. The van der Waals surface area contributed by atoms with Gasteiger partial charge in [0.15, 0.2) is 6.23 Å². The first kappa shape index (κ1) is 17.1. The van der Waals surface area contributed by atoms with E-state index in [0.29, 0.717) is 24.6 Å². The Labute approximate surface area is 152 Å². The van der Waals surface area contributed by atoms with Gasteiger partial charge in [-0.25, -0.2) is 0 Å². The fraction of sp³-hybridized carbons (Fsp3) is 0.579.